The molecule has 2 rings (SSSR count). The largest absolute Gasteiger partial charge is 0.369 e. The molecule has 0 bridgehead atoms. The zero-order chi connectivity index (χ0) is 12.8. The summed E-state index contributed by atoms with van der Waals surface area (Å²) >= 11 is 1.65. The fourth-order valence-electron chi connectivity index (χ4n) is 1.63. The number of nitrogens with zero attached hydrogens (tertiary/aromatic N) is 3. The number of anilines is 2. The van der Waals surface area contributed by atoms with Crippen molar-refractivity contribution in [2.24, 2.45) is 0 Å². The third-order valence-corrected chi connectivity index (χ3v) is 3.36. The molecule has 0 spiro atoms. The van der Waals surface area contributed by atoms with E-state index in [-0.39, 0.29) is 6.04 Å². The van der Waals surface area contributed by atoms with Crippen LogP contribution in [0.1, 0.15) is 31.3 Å². The van der Waals surface area contributed by atoms with E-state index in [0.29, 0.717) is 0 Å². The first-order valence-corrected chi connectivity index (χ1v) is 6.93. The highest BCUT2D eigenvalue weighted by atomic mass is 32.1. The van der Waals surface area contributed by atoms with Gasteiger partial charge in [0.1, 0.15) is 16.6 Å². The van der Waals surface area contributed by atoms with E-state index in [1.165, 1.54) is 0 Å². The van der Waals surface area contributed by atoms with Crippen molar-refractivity contribution in [3.63, 3.8) is 0 Å². The quantitative estimate of drug-likeness (QED) is 0.839. The van der Waals surface area contributed by atoms with Gasteiger partial charge in [0.25, 0.3) is 0 Å². The molecule has 0 aliphatic carbocycles. The van der Waals surface area contributed by atoms with Crippen molar-refractivity contribution in [3.05, 3.63) is 29.0 Å². The fraction of sp³-hybridized carbons (Fsp3) is 0.417. The second-order valence-electron chi connectivity index (χ2n) is 3.80. The van der Waals surface area contributed by atoms with Crippen LogP contribution in [0.15, 0.2) is 24.0 Å². The van der Waals surface area contributed by atoms with Crippen molar-refractivity contribution in [2.45, 2.75) is 26.3 Å². The zero-order valence-electron chi connectivity index (χ0n) is 10.6. The molecule has 0 amide bonds. The Labute approximate surface area is 111 Å². The Hall–Kier alpha value is -1.69. The maximum atomic E-state index is 4.45. The van der Waals surface area contributed by atoms with Crippen molar-refractivity contribution in [1.29, 1.82) is 0 Å². The second-order valence-corrected chi connectivity index (χ2v) is 4.72. The maximum absolute atomic E-state index is 4.45. The van der Waals surface area contributed by atoms with E-state index in [1.807, 2.05) is 18.5 Å². The first-order chi connectivity index (χ1) is 8.83. The number of thiazole rings is 1. The minimum Gasteiger partial charge on any atom is -0.369 e. The average molecular weight is 263 g/mol. The highest BCUT2D eigenvalue weighted by molar-refractivity contribution is 7.09. The SMILES string of the molecule is CCNc1cncc(NC(CC)c2nccs2)n1. The van der Waals surface area contributed by atoms with E-state index >= 15 is 0 Å². The van der Waals surface area contributed by atoms with Gasteiger partial charge in [-0.1, -0.05) is 6.92 Å². The monoisotopic (exact) mass is 263 g/mol. The molecule has 1 atom stereocenters. The Kier molecular flexibility index (Phi) is 4.46. The zero-order valence-corrected chi connectivity index (χ0v) is 11.4. The molecule has 0 aliphatic rings. The maximum Gasteiger partial charge on any atom is 0.147 e. The molecular weight excluding hydrogens is 246 g/mol. The van der Waals surface area contributed by atoms with Gasteiger partial charge in [-0.25, -0.2) is 9.97 Å². The molecule has 2 heterocycles. The van der Waals surface area contributed by atoms with E-state index in [0.717, 1.165) is 29.6 Å². The van der Waals surface area contributed by atoms with Gasteiger partial charge in [-0.15, -0.1) is 11.3 Å². The fourth-order valence-corrected chi connectivity index (χ4v) is 2.40. The highest BCUT2D eigenvalue weighted by Gasteiger charge is 2.12. The Morgan fingerprint density at radius 1 is 1.28 bits per heavy atom. The molecule has 0 radical (unpaired) electrons. The van der Waals surface area contributed by atoms with Crippen LogP contribution >= 0.6 is 11.3 Å². The topological polar surface area (TPSA) is 62.7 Å². The number of hydrogen-bond donors (Lipinski definition) is 2. The third-order valence-electron chi connectivity index (χ3n) is 2.47. The molecule has 0 fully saturated rings. The van der Waals surface area contributed by atoms with Crippen molar-refractivity contribution >= 4 is 23.0 Å². The number of hydrogen-bond acceptors (Lipinski definition) is 6. The summed E-state index contributed by atoms with van der Waals surface area (Å²) in [4.78, 5) is 13.0. The first kappa shape index (κ1) is 12.8. The lowest BCUT2D eigenvalue weighted by atomic mass is 10.2. The van der Waals surface area contributed by atoms with Crippen LogP contribution in [0, 0.1) is 0 Å². The molecule has 96 valence electrons. The van der Waals surface area contributed by atoms with Gasteiger partial charge in [-0.2, -0.15) is 0 Å². The number of nitrogens with one attached hydrogen (secondary N) is 2. The molecular formula is C12H17N5S. The van der Waals surface area contributed by atoms with Gasteiger partial charge >= 0.3 is 0 Å². The van der Waals surface area contributed by atoms with E-state index in [9.17, 15) is 0 Å². The number of rotatable bonds is 6. The summed E-state index contributed by atoms with van der Waals surface area (Å²) in [6, 6.07) is 0.191. The van der Waals surface area contributed by atoms with Gasteiger partial charge in [0.05, 0.1) is 18.4 Å². The molecule has 1 unspecified atom stereocenters. The van der Waals surface area contributed by atoms with Crippen molar-refractivity contribution in [2.75, 3.05) is 17.2 Å². The van der Waals surface area contributed by atoms with Crippen LogP contribution < -0.4 is 10.6 Å². The molecule has 6 heteroatoms. The van der Waals surface area contributed by atoms with Crippen LogP contribution in [0.4, 0.5) is 11.6 Å². The molecule has 2 aromatic heterocycles. The average Bonchev–Trinajstić information content (AvgIpc) is 2.90. The van der Waals surface area contributed by atoms with E-state index in [1.54, 1.807) is 23.7 Å². The Morgan fingerprint density at radius 3 is 2.78 bits per heavy atom. The molecule has 5 nitrogen and oxygen atoms in total. The van der Waals surface area contributed by atoms with Crippen molar-refractivity contribution in [3.8, 4) is 0 Å². The van der Waals surface area contributed by atoms with Gasteiger partial charge in [0.2, 0.25) is 0 Å². The van der Waals surface area contributed by atoms with Gasteiger partial charge in [0, 0.05) is 18.1 Å². The van der Waals surface area contributed by atoms with Crippen LogP contribution in [-0.2, 0) is 0 Å². The molecule has 0 aromatic carbocycles. The predicted octanol–water partition coefficient (Wildman–Crippen LogP) is 2.93. The summed E-state index contributed by atoms with van der Waals surface area (Å²) in [7, 11) is 0. The summed E-state index contributed by atoms with van der Waals surface area (Å²) in [5.41, 5.74) is 0. The minimum atomic E-state index is 0.191. The lowest BCUT2D eigenvalue weighted by Crippen LogP contribution is -2.11. The van der Waals surface area contributed by atoms with Crippen LogP contribution in [-0.4, -0.2) is 21.5 Å². The lowest BCUT2D eigenvalue weighted by molar-refractivity contribution is 0.736. The summed E-state index contributed by atoms with van der Waals surface area (Å²) in [5, 5.41) is 9.58. The van der Waals surface area contributed by atoms with Crippen LogP contribution in [0.2, 0.25) is 0 Å². The summed E-state index contributed by atoms with van der Waals surface area (Å²) in [6.07, 6.45) is 6.24. The van der Waals surface area contributed by atoms with Gasteiger partial charge in [0.15, 0.2) is 0 Å². The van der Waals surface area contributed by atoms with Gasteiger partial charge in [-0.05, 0) is 13.3 Å². The Morgan fingerprint density at radius 2 is 2.11 bits per heavy atom. The first-order valence-electron chi connectivity index (χ1n) is 6.05. The van der Waals surface area contributed by atoms with E-state index in [2.05, 4.69) is 32.5 Å². The molecule has 2 aromatic rings. The van der Waals surface area contributed by atoms with Gasteiger partial charge < -0.3 is 10.6 Å². The molecule has 2 N–H and O–H groups in total. The minimum absolute atomic E-state index is 0.191. The molecule has 18 heavy (non-hydrogen) atoms. The summed E-state index contributed by atoms with van der Waals surface area (Å²) in [5.74, 6) is 1.56. The van der Waals surface area contributed by atoms with Crippen molar-refractivity contribution in [1.82, 2.24) is 15.0 Å². The van der Waals surface area contributed by atoms with Crippen molar-refractivity contribution < 1.29 is 0 Å². The summed E-state index contributed by atoms with van der Waals surface area (Å²) in [6.45, 7) is 4.99. The Balaban J connectivity index is 2.09. The van der Waals surface area contributed by atoms with E-state index in [4.69, 9.17) is 0 Å². The van der Waals surface area contributed by atoms with Crippen LogP contribution in [0.3, 0.4) is 0 Å². The van der Waals surface area contributed by atoms with E-state index < -0.39 is 0 Å². The summed E-state index contributed by atoms with van der Waals surface area (Å²) < 4.78 is 0. The predicted molar refractivity (Wildman–Crippen MR) is 75.0 cm³/mol. The second kappa shape index (κ2) is 6.30. The lowest BCUT2D eigenvalue weighted by Gasteiger charge is -2.15. The Bertz CT molecular complexity index is 471. The van der Waals surface area contributed by atoms with Crippen LogP contribution in [0.5, 0.6) is 0 Å². The highest BCUT2D eigenvalue weighted by Crippen LogP contribution is 2.23. The molecule has 0 saturated carbocycles. The number of aromatic nitrogens is 3. The third kappa shape index (κ3) is 3.16. The van der Waals surface area contributed by atoms with Crippen LogP contribution in [0.25, 0.3) is 0 Å². The smallest absolute Gasteiger partial charge is 0.147 e. The van der Waals surface area contributed by atoms with Gasteiger partial charge in [-0.3, -0.25) is 4.98 Å². The molecule has 0 aliphatic heterocycles. The normalized spacial score (nSPS) is 12.1. The standard InChI is InChI=1S/C12H17N5S/c1-3-9(12-15-5-6-18-12)16-11-8-13-7-10(17-11)14-4-2/h5-9H,3-4H2,1-2H3,(H2,14,16,17). The molecule has 0 saturated heterocycles.